The minimum absolute atomic E-state index is 0.0894. The van der Waals surface area contributed by atoms with E-state index in [1.165, 1.54) is 4.90 Å². The number of amides is 2. The van der Waals surface area contributed by atoms with Crippen LogP contribution in [0.3, 0.4) is 0 Å². The van der Waals surface area contributed by atoms with Crippen molar-refractivity contribution in [2.45, 2.75) is 51.1 Å². The molecular formula is C22H26Cl2N6O2. The van der Waals surface area contributed by atoms with E-state index >= 15 is 0 Å². The highest BCUT2D eigenvalue weighted by Gasteiger charge is 2.38. The average molecular weight is 477 g/mol. The van der Waals surface area contributed by atoms with Gasteiger partial charge in [-0.05, 0) is 37.8 Å². The molecule has 0 fully saturated rings. The molecule has 2 amide bonds. The number of aromatic nitrogens is 3. The van der Waals surface area contributed by atoms with Gasteiger partial charge >= 0.3 is 0 Å². The van der Waals surface area contributed by atoms with Crippen molar-refractivity contribution in [3.05, 3.63) is 50.9 Å². The molecule has 2 aromatic heterocycles. The summed E-state index contributed by atoms with van der Waals surface area (Å²) in [5, 5.41) is 7.53. The Morgan fingerprint density at radius 1 is 1.34 bits per heavy atom. The van der Waals surface area contributed by atoms with E-state index in [0.717, 1.165) is 35.4 Å². The van der Waals surface area contributed by atoms with Crippen LogP contribution in [0.25, 0.3) is 0 Å². The molecule has 3 N–H and O–H groups in total. The fourth-order valence-electron chi connectivity index (χ4n) is 4.56. The van der Waals surface area contributed by atoms with E-state index in [1.807, 2.05) is 19.9 Å². The van der Waals surface area contributed by atoms with Gasteiger partial charge in [-0.1, -0.05) is 17.7 Å². The average Bonchev–Trinajstić information content (AvgIpc) is 3.18. The van der Waals surface area contributed by atoms with Gasteiger partial charge in [-0.3, -0.25) is 19.3 Å². The van der Waals surface area contributed by atoms with Crippen LogP contribution in [0.4, 0.5) is 5.82 Å². The molecule has 170 valence electrons. The quantitative estimate of drug-likeness (QED) is 0.644. The number of allylic oxidation sites excluding steroid dienone is 2. The maximum Gasteiger partial charge on any atom is 0.256 e. The molecule has 2 unspecified atom stereocenters. The highest BCUT2D eigenvalue weighted by atomic mass is 35.5. The lowest BCUT2D eigenvalue weighted by Crippen LogP contribution is -2.34. The van der Waals surface area contributed by atoms with Crippen molar-refractivity contribution in [1.82, 2.24) is 19.7 Å². The molecule has 1 aliphatic carbocycles. The third kappa shape index (κ3) is 4.14. The molecule has 2 aromatic rings. The second-order valence-electron chi connectivity index (χ2n) is 8.32. The molecule has 0 spiro atoms. The van der Waals surface area contributed by atoms with Crippen LogP contribution in [0.15, 0.2) is 17.2 Å². The third-order valence-electron chi connectivity index (χ3n) is 6.02. The Morgan fingerprint density at radius 3 is 2.72 bits per heavy atom. The van der Waals surface area contributed by atoms with Crippen molar-refractivity contribution in [2.75, 3.05) is 11.9 Å². The highest BCUT2D eigenvalue weighted by Crippen LogP contribution is 2.43. The topological polar surface area (TPSA) is 106 Å². The van der Waals surface area contributed by atoms with Crippen LogP contribution in [-0.2, 0) is 24.9 Å². The smallest absolute Gasteiger partial charge is 0.256 e. The van der Waals surface area contributed by atoms with E-state index in [2.05, 4.69) is 15.4 Å². The summed E-state index contributed by atoms with van der Waals surface area (Å²) in [6.07, 6.45) is 3.31. The summed E-state index contributed by atoms with van der Waals surface area (Å²) < 4.78 is 1.59. The lowest BCUT2D eigenvalue weighted by Gasteiger charge is -2.27. The summed E-state index contributed by atoms with van der Waals surface area (Å²) in [5.41, 5.74) is 10.5. The zero-order valence-electron chi connectivity index (χ0n) is 18.3. The van der Waals surface area contributed by atoms with Crippen molar-refractivity contribution < 1.29 is 9.59 Å². The summed E-state index contributed by atoms with van der Waals surface area (Å²) in [6.45, 7) is 4.16. The van der Waals surface area contributed by atoms with E-state index in [9.17, 15) is 9.59 Å². The third-order valence-corrected chi connectivity index (χ3v) is 6.76. The molecule has 32 heavy (non-hydrogen) atoms. The molecule has 2 atom stereocenters. The Hall–Kier alpha value is -2.42. The summed E-state index contributed by atoms with van der Waals surface area (Å²) in [6, 6.07) is 1.77. The molecule has 2 aliphatic rings. The number of halogens is 2. The van der Waals surface area contributed by atoms with Crippen molar-refractivity contribution in [2.24, 2.45) is 12.8 Å². The Kier molecular flexibility index (Phi) is 6.29. The number of pyridine rings is 1. The van der Waals surface area contributed by atoms with Gasteiger partial charge in [-0.25, -0.2) is 0 Å². The van der Waals surface area contributed by atoms with Gasteiger partial charge in [0.1, 0.15) is 12.4 Å². The number of anilines is 1. The molecule has 0 radical (unpaired) electrons. The van der Waals surface area contributed by atoms with Gasteiger partial charge in [-0.2, -0.15) is 5.10 Å². The molecule has 0 bridgehead atoms. The number of carbonyl (C=O) groups excluding carboxylic acids is 2. The number of nitrogens with zero attached hydrogens (tertiary/aromatic N) is 4. The first-order valence-corrected chi connectivity index (χ1v) is 11.3. The Bertz CT molecular complexity index is 1130. The van der Waals surface area contributed by atoms with Gasteiger partial charge in [0.15, 0.2) is 0 Å². The minimum atomic E-state index is -0.299. The normalized spacial score (nSPS) is 20.4. The Balaban J connectivity index is 1.64. The van der Waals surface area contributed by atoms with Crippen molar-refractivity contribution in [1.29, 1.82) is 0 Å². The lowest BCUT2D eigenvalue weighted by atomic mass is 9.82. The molecule has 3 heterocycles. The van der Waals surface area contributed by atoms with E-state index in [4.69, 9.17) is 28.9 Å². The number of fused-ring (bicyclic) bond motifs is 1. The van der Waals surface area contributed by atoms with Gasteiger partial charge in [0.05, 0.1) is 28.9 Å². The van der Waals surface area contributed by atoms with Gasteiger partial charge in [0, 0.05) is 36.3 Å². The van der Waals surface area contributed by atoms with Gasteiger partial charge < -0.3 is 16.0 Å². The second-order valence-corrected chi connectivity index (χ2v) is 9.31. The molecule has 0 saturated heterocycles. The second kappa shape index (κ2) is 8.84. The summed E-state index contributed by atoms with van der Waals surface area (Å²) >= 11 is 12.8. The summed E-state index contributed by atoms with van der Waals surface area (Å²) in [7, 11) is 1.75. The van der Waals surface area contributed by atoms with Gasteiger partial charge in [-0.15, -0.1) is 11.6 Å². The highest BCUT2D eigenvalue weighted by molar-refractivity contribution is 6.32. The van der Waals surface area contributed by atoms with Crippen molar-refractivity contribution >= 4 is 40.8 Å². The van der Waals surface area contributed by atoms with Crippen molar-refractivity contribution in [3.8, 4) is 0 Å². The van der Waals surface area contributed by atoms with Crippen LogP contribution in [0.5, 0.6) is 0 Å². The number of nitrogens with one attached hydrogen (secondary N) is 1. The van der Waals surface area contributed by atoms with Gasteiger partial charge in [0.25, 0.3) is 5.91 Å². The van der Waals surface area contributed by atoms with E-state index in [-0.39, 0.29) is 42.7 Å². The number of aryl methyl sites for hydroxylation is 3. The first-order valence-electron chi connectivity index (χ1n) is 10.5. The molecule has 1 aliphatic heterocycles. The number of nitrogens with two attached hydrogens (primary N) is 1. The molecule has 0 aromatic carbocycles. The standard InChI is InChI=1S/C22H26Cl2N6O2/c1-11-6-18(29(3)28-11)27-19(31)10-30-9-17-21(22(30)32)20(15(8-25)12(2)26-17)14-5-4-13(23)7-16(14)24/h6-7,13-14H,4-5,8-10,25H2,1-3H3,(H,27,31). The Morgan fingerprint density at radius 2 is 2.09 bits per heavy atom. The monoisotopic (exact) mass is 476 g/mol. The fourth-order valence-corrected chi connectivity index (χ4v) is 5.26. The molecule has 0 saturated carbocycles. The largest absolute Gasteiger partial charge is 0.326 e. The summed E-state index contributed by atoms with van der Waals surface area (Å²) in [4.78, 5) is 32.2. The fraction of sp³-hybridized carbons (Fsp3) is 0.455. The predicted molar refractivity (Wildman–Crippen MR) is 124 cm³/mol. The summed E-state index contributed by atoms with van der Waals surface area (Å²) in [5.74, 6) is -0.111. The minimum Gasteiger partial charge on any atom is -0.326 e. The maximum absolute atomic E-state index is 13.4. The molecule has 4 rings (SSSR count). The number of alkyl halides is 1. The number of rotatable bonds is 5. The first kappa shape index (κ1) is 22.8. The van der Waals surface area contributed by atoms with Crippen LogP contribution in [0, 0.1) is 13.8 Å². The SMILES string of the molecule is Cc1cc(NC(=O)CN2Cc3nc(C)c(CN)c(C4CCC(Cl)C=C4Cl)c3C2=O)n(C)n1. The van der Waals surface area contributed by atoms with Crippen LogP contribution < -0.4 is 11.1 Å². The predicted octanol–water partition coefficient (Wildman–Crippen LogP) is 3.09. The Labute approximate surface area is 196 Å². The van der Waals surface area contributed by atoms with Crippen LogP contribution in [0.1, 0.15) is 57.3 Å². The lowest BCUT2D eigenvalue weighted by molar-refractivity contribution is -0.117. The molecule has 10 heteroatoms. The van der Waals surface area contributed by atoms with Crippen LogP contribution >= 0.6 is 23.2 Å². The number of carbonyl (C=O) groups is 2. The van der Waals surface area contributed by atoms with Crippen molar-refractivity contribution in [3.63, 3.8) is 0 Å². The maximum atomic E-state index is 13.4. The number of hydrogen-bond donors (Lipinski definition) is 2. The zero-order valence-corrected chi connectivity index (χ0v) is 19.8. The molecular weight excluding hydrogens is 451 g/mol. The zero-order chi connectivity index (χ0) is 23.2. The number of hydrogen-bond acceptors (Lipinski definition) is 5. The van der Waals surface area contributed by atoms with E-state index in [0.29, 0.717) is 22.1 Å². The molecule has 8 nitrogen and oxygen atoms in total. The van der Waals surface area contributed by atoms with Crippen LogP contribution in [-0.4, -0.2) is 43.4 Å². The van der Waals surface area contributed by atoms with E-state index < -0.39 is 0 Å². The van der Waals surface area contributed by atoms with Gasteiger partial charge in [0.2, 0.25) is 5.91 Å². The first-order chi connectivity index (χ1) is 15.2. The van der Waals surface area contributed by atoms with Crippen LogP contribution in [0.2, 0.25) is 0 Å². The van der Waals surface area contributed by atoms with E-state index in [1.54, 1.807) is 17.8 Å².